The van der Waals surface area contributed by atoms with Gasteiger partial charge in [0.05, 0.1) is 43.9 Å². The highest BCUT2D eigenvalue weighted by Crippen LogP contribution is 2.39. The van der Waals surface area contributed by atoms with Gasteiger partial charge in [-0.2, -0.15) is 17.5 Å². The number of nitrogens with one attached hydrogen (secondary N) is 1. The maximum Gasteiger partial charge on any atom is 0.416 e. The molecule has 2 fully saturated rings. The summed E-state index contributed by atoms with van der Waals surface area (Å²) >= 11 is 0. The van der Waals surface area contributed by atoms with Crippen molar-refractivity contribution < 1.29 is 45.1 Å². The number of rotatable bonds is 7. The first-order valence-corrected chi connectivity index (χ1v) is 18.7. The Bertz CT molecular complexity index is 2060. The fraction of sp³-hybridized carbons (Fsp3) is 0.486. The van der Waals surface area contributed by atoms with Gasteiger partial charge in [0.15, 0.2) is 0 Å². The molecule has 0 bridgehead atoms. The Morgan fingerprint density at radius 3 is 2.58 bits per heavy atom. The number of para-hydroxylation sites is 2. The van der Waals surface area contributed by atoms with Crippen molar-refractivity contribution in [3.63, 3.8) is 0 Å². The number of nitrogens with zero attached hydrogens (tertiary/aromatic N) is 6. The highest BCUT2D eigenvalue weighted by molar-refractivity contribution is 7.89. The largest absolute Gasteiger partial charge is 0.494 e. The van der Waals surface area contributed by atoms with Crippen molar-refractivity contribution in [3.05, 3.63) is 76.9 Å². The van der Waals surface area contributed by atoms with Gasteiger partial charge in [-0.15, -0.1) is 5.10 Å². The Morgan fingerprint density at radius 2 is 1.87 bits per heavy atom. The van der Waals surface area contributed by atoms with Gasteiger partial charge < -0.3 is 24.1 Å². The second-order valence-corrected chi connectivity index (χ2v) is 15.6. The van der Waals surface area contributed by atoms with Gasteiger partial charge in [-0.25, -0.2) is 13.1 Å². The zero-order valence-electron chi connectivity index (χ0n) is 29.4. The highest BCUT2D eigenvalue weighted by Gasteiger charge is 2.48. The average molecular weight is 760 g/mol. The molecule has 7 rings (SSSR count). The number of benzene rings is 2. The van der Waals surface area contributed by atoms with E-state index in [4.69, 9.17) is 18.7 Å². The van der Waals surface area contributed by atoms with Gasteiger partial charge in [-0.1, -0.05) is 22.5 Å². The van der Waals surface area contributed by atoms with E-state index >= 15 is 0 Å². The number of carbonyl (C=O) groups excluding carboxylic acids is 1. The van der Waals surface area contributed by atoms with E-state index in [0.29, 0.717) is 62.1 Å². The van der Waals surface area contributed by atoms with Crippen molar-refractivity contribution in [2.24, 2.45) is 0 Å². The van der Waals surface area contributed by atoms with Crippen LogP contribution in [0.15, 0.2) is 58.1 Å². The number of methoxy groups -OCH3 is 1. The molecule has 1 N–H and O–H groups in total. The van der Waals surface area contributed by atoms with Crippen LogP contribution in [-0.2, 0) is 38.9 Å². The molecule has 14 nitrogen and oxygen atoms in total. The van der Waals surface area contributed by atoms with Crippen LogP contribution in [0.1, 0.15) is 54.0 Å². The zero-order chi connectivity index (χ0) is 37.5. The number of aryl methyl sites for hydroxylation is 2. The summed E-state index contributed by atoms with van der Waals surface area (Å²) in [4.78, 5) is 15.8. The number of hydrogen-bond acceptors (Lipinski definition) is 11. The van der Waals surface area contributed by atoms with E-state index in [2.05, 4.69) is 25.7 Å². The summed E-state index contributed by atoms with van der Waals surface area (Å²) in [6.45, 7) is 5.23. The number of sulfonamides is 1. The second-order valence-electron chi connectivity index (χ2n) is 13.7. The van der Waals surface area contributed by atoms with Crippen molar-refractivity contribution in [2.45, 2.75) is 81.4 Å². The molecule has 2 atom stereocenters. The molecule has 0 unspecified atom stereocenters. The fourth-order valence-electron chi connectivity index (χ4n) is 7.26. The summed E-state index contributed by atoms with van der Waals surface area (Å²) in [7, 11) is -3.16. The van der Waals surface area contributed by atoms with Crippen molar-refractivity contribution in [1.82, 2.24) is 34.7 Å². The molecular formula is C35H40F3N7O7S. The highest BCUT2D eigenvalue weighted by atomic mass is 32.2. The first-order valence-electron chi connectivity index (χ1n) is 17.2. The summed E-state index contributed by atoms with van der Waals surface area (Å²) in [6.07, 6.45) is -2.61. The summed E-state index contributed by atoms with van der Waals surface area (Å²) in [5, 5.41) is 15.6. The molecule has 53 heavy (non-hydrogen) atoms. The van der Waals surface area contributed by atoms with Crippen LogP contribution in [0.4, 0.5) is 13.2 Å². The van der Waals surface area contributed by atoms with Gasteiger partial charge in [0.2, 0.25) is 15.9 Å². The fourth-order valence-corrected chi connectivity index (χ4v) is 9.05. The van der Waals surface area contributed by atoms with Gasteiger partial charge in [0.1, 0.15) is 39.6 Å². The maximum atomic E-state index is 14.3. The molecule has 3 aliphatic rings. The van der Waals surface area contributed by atoms with Crippen LogP contribution in [0.25, 0.3) is 5.69 Å². The molecule has 0 radical (unpaired) electrons. The van der Waals surface area contributed by atoms with Gasteiger partial charge in [0, 0.05) is 50.1 Å². The number of halogens is 3. The van der Waals surface area contributed by atoms with Gasteiger partial charge in [-0.05, 0) is 57.0 Å². The van der Waals surface area contributed by atoms with E-state index in [9.17, 15) is 26.4 Å². The minimum Gasteiger partial charge on any atom is -0.494 e. The van der Waals surface area contributed by atoms with E-state index in [0.717, 1.165) is 33.5 Å². The van der Waals surface area contributed by atoms with Crippen molar-refractivity contribution in [2.75, 3.05) is 33.4 Å². The molecule has 2 saturated heterocycles. The number of fused-ring (bicyclic) bond motifs is 2. The quantitative estimate of drug-likeness (QED) is 0.289. The Kier molecular flexibility index (Phi) is 9.99. The lowest BCUT2D eigenvalue weighted by Gasteiger charge is -2.43. The number of ether oxygens (including phenoxy) is 3. The average Bonchev–Trinajstić information content (AvgIpc) is 3.87. The van der Waals surface area contributed by atoms with Crippen molar-refractivity contribution >= 4 is 15.9 Å². The molecule has 0 aliphatic carbocycles. The van der Waals surface area contributed by atoms with Gasteiger partial charge in [0.25, 0.3) is 0 Å². The van der Waals surface area contributed by atoms with E-state index in [1.54, 1.807) is 18.3 Å². The van der Waals surface area contributed by atoms with Crippen LogP contribution >= 0.6 is 0 Å². The van der Waals surface area contributed by atoms with Crippen molar-refractivity contribution in [1.29, 1.82) is 0 Å². The van der Waals surface area contributed by atoms with Gasteiger partial charge in [-0.3, -0.25) is 9.69 Å². The minimum absolute atomic E-state index is 0.0238. The lowest BCUT2D eigenvalue weighted by Crippen LogP contribution is -2.59. The topological polar surface area (TPSA) is 154 Å². The molecule has 3 aliphatic heterocycles. The first-order chi connectivity index (χ1) is 25.3. The number of aromatic nitrogens is 4. The lowest BCUT2D eigenvalue weighted by atomic mass is 9.84. The molecule has 2 aromatic heterocycles. The number of alkyl halides is 3. The third-order valence-corrected chi connectivity index (χ3v) is 12.2. The second kappa shape index (κ2) is 14.4. The van der Waals surface area contributed by atoms with Crippen LogP contribution in [0.2, 0.25) is 0 Å². The predicted molar refractivity (Wildman–Crippen MR) is 182 cm³/mol. The molecule has 0 saturated carbocycles. The summed E-state index contributed by atoms with van der Waals surface area (Å²) in [6, 6.07) is 8.37. The standard InChI is InChI=1S/C35H40F3N7O7S/c1-22-27(23(2)52-41-22)20-43-13-10-34(11-14-43)12-15-50-31-9-8-24(35(36,37)38)16-32(31)53(47,48)45-19-26(17-29(45)33(46)39-34)51-21-25-18-44(42-40-25)28-6-4-5-7-30(28)49-3/h4-9,16,18,26,29H,10-15,17,19-21H2,1-3H3,(H,39,46)/t26-,29+/m1/s1. The van der Waals surface area contributed by atoms with Crippen molar-refractivity contribution in [3.8, 4) is 17.2 Å². The van der Waals surface area contributed by atoms with Crippen LogP contribution in [0.3, 0.4) is 0 Å². The molecule has 4 aromatic rings. The molecule has 284 valence electrons. The van der Waals surface area contributed by atoms with Crippen LogP contribution < -0.4 is 14.8 Å². The Balaban J connectivity index is 1.15. The summed E-state index contributed by atoms with van der Waals surface area (Å²) < 4.78 is 95.5. The molecule has 5 heterocycles. The molecular weight excluding hydrogens is 719 g/mol. The smallest absolute Gasteiger partial charge is 0.416 e. The maximum absolute atomic E-state index is 14.3. The normalized spacial score (nSPS) is 22.0. The lowest BCUT2D eigenvalue weighted by molar-refractivity contribution is -0.137. The minimum atomic E-state index is -4.81. The molecule has 1 amide bonds. The zero-order valence-corrected chi connectivity index (χ0v) is 30.2. The summed E-state index contributed by atoms with van der Waals surface area (Å²) in [5.74, 6) is 0.559. The van der Waals surface area contributed by atoms with E-state index in [1.807, 2.05) is 26.0 Å². The van der Waals surface area contributed by atoms with Gasteiger partial charge >= 0.3 is 6.18 Å². The number of hydrogen-bond donors (Lipinski definition) is 1. The number of carbonyl (C=O) groups is 1. The third kappa shape index (κ3) is 7.49. The number of amides is 1. The monoisotopic (exact) mass is 759 g/mol. The van der Waals surface area contributed by atoms with Crippen LogP contribution in [0.5, 0.6) is 11.5 Å². The Labute approximate surface area is 304 Å². The van der Waals surface area contributed by atoms with E-state index in [1.165, 1.54) is 11.8 Å². The molecule has 18 heteroatoms. The Hall–Kier alpha value is -4.52. The SMILES string of the molecule is COc1ccccc1-n1cc(CO[C@@H]2C[C@H]3C(=O)NC4(CCOc5ccc(C(F)(F)F)cc5S(=O)(=O)N3C2)CCN(Cc2c(C)noc2C)CC4)nn1. The van der Waals surface area contributed by atoms with Crippen LogP contribution in [-0.4, -0.2) is 94.7 Å². The third-order valence-electron chi connectivity index (χ3n) is 10.3. The summed E-state index contributed by atoms with van der Waals surface area (Å²) in [5.41, 5.74) is 0.995. The first kappa shape index (κ1) is 36.8. The number of likely N-dealkylation sites (tertiary alicyclic amines) is 1. The van der Waals surface area contributed by atoms with Crippen LogP contribution in [0, 0.1) is 13.8 Å². The molecule has 2 aromatic carbocycles. The Morgan fingerprint density at radius 1 is 1.09 bits per heavy atom. The predicted octanol–water partition coefficient (Wildman–Crippen LogP) is 4.18. The van der Waals surface area contributed by atoms with E-state index in [-0.39, 0.29) is 31.9 Å². The molecule has 1 spiro atoms. The number of piperidine rings is 1. The van der Waals surface area contributed by atoms with E-state index < -0.39 is 50.3 Å².